The molecule has 4 rings (SSSR count). The number of pyridine rings is 2. The third-order valence-corrected chi connectivity index (χ3v) is 4.17. The lowest BCUT2D eigenvalue weighted by Gasteiger charge is -2.12. The molecule has 0 aliphatic rings. The highest BCUT2D eigenvalue weighted by molar-refractivity contribution is 5.95. The molecule has 0 amide bonds. The Morgan fingerprint density at radius 2 is 1.85 bits per heavy atom. The molecule has 0 aliphatic carbocycles. The van der Waals surface area contributed by atoms with Crippen molar-refractivity contribution >= 4 is 22.3 Å². The van der Waals surface area contributed by atoms with Crippen molar-refractivity contribution in [3.8, 4) is 11.3 Å². The second-order valence-corrected chi connectivity index (χ2v) is 5.95. The maximum absolute atomic E-state index is 12.9. The van der Waals surface area contributed by atoms with Crippen LogP contribution in [0.25, 0.3) is 22.0 Å². The van der Waals surface area contributed by atoms with Crippen LogP contribution in [0.2, 0.25) is 0 Å². The third-order valence-electron chi connectivity index (χ3n) is 4.17. The predicted octanol–water partition coefficient (Wildman–Crippen LogP) is 4.80. The topological polar surface area (TPSA) is 57.8 Å². The van der Waals surface area contributed by atoms with E-state index in [0.29, 0.717) is 22.5 Å². The summed E-state index contributed by atoms with van der Waals surface area (Å²) in [7, 11) is 0. The van der Waals surface area contributed by atoms with Gasteiger partial charge in [0.15, 0.2) is 0 Å². The average molecular weight is 345 g/mol. The molecule has 0 bridgehead atoms. The predicted molar refractivity (Wildman–Crippen MR) is 102 cm³/mol. The lowest BCUT2D eigenvalue weighted by atomic mass is 10.1. The molecule has 0 atom stereocenters. The highest BCUT2D eigenvalue weighted by atomic mass is 19.1. The molecule has 2 aromatic heterocycles. The van der Waals surface area contributed by atoms with Crippen molar-refractivity contribution in [2.75, 3.05) is 5.32 Å². The lowest BCUT2D eigenvalue weighted by Crippen LogP contribution is -2.09. The number of halogens is 1. The largest absolute Gasteiger partial charge is 0.340 e. The van der Waals surface area contributed by atoms with E-state index in [4.69, 9.17) is 0 Å². The van der Waals surface area contributed by atoms with E-state index in [2.05, 4.69) is 15.3 Å². The first-order valence-corrected chi connectivity index (χ1v) is 8.24. The van der Waals surface area contributed by atoms with Gasteiger partial charge in [0.2, 0.25) is 0 Å². The number of alkyl halides is 1. The smallest absolute Gasteiger partial charge is 0.259 e. The molecule has 26 heavy (non-hydrogen) atoms. The summed E-state index contributed by atoms with van der Waals surface area (Å²) in [6.45, 7) is -0.547. The van der Waals surface area contributed by atoms with Gasteiger partial charge in [-0.1, -0.05) is 42.5 Å². The van der Waals surface area contributed by atoms with Gasteiger partial charge < -0.3 is 10.3 Å². The van der Waals surface area contributed by atoms with Crippen LogP contribution in [0.1, 0.15) is 5.56 Å². The van der Waals surface area contributed by atoms with Crippen LogP contribution >= 0.6 is 0 Å². The molecule has 128 valence electrons. The van der Waals surface area contributed by atoms with Crippen LogP contribution in [0.5, 0.6) is 0 Å². The minimum absolute atomic E-state index is 0.223. The Labute approximate surface area is 149 Å². The molecule has 0 saturated carbocycles. The number of aromatic amines is 1. The number of nitrogens with one attached hydrogen (secondary N) is 2. The first-order valence-electron chi connectivity index (χ1n) is 8.24. The van der Waals surface area contributed by atoms with Crippen molar-refractivity contribution in [1.29, 1.82) is 0 Å². The number of rotatable bonds is 4. The number of aromatic nitrogens is 2. The van der Waals surface area contributed by atoms with Crippen molar-refractivity contribution in [2.24, 2.45) is 0 Å². The van der Waals surface area contributed by atoms with Gasteiger partial charge in [-0.3, -0.25) is 4.79 Å². The number of hydrogen-bond acceptors (Lipinski definition) is 3. The van der Waals surface area contributed by atoms with Crippen LogP contribution in [0, 0.1) is 0 Å². The number of hydrogen-bond donors (Lipinski definition) is 2. The summed E-state index contributed by atoms with van der Waals surface area (Å²) >= 11 is 0. The molecule has 0 radical (unpaired) electrons. The summed E-state index contributed by atoms with van der Waals surface area (Å²) in [4.78, 5) is 19.7. The monoisotopic (exact) mass is 345 g/mol. The Morgan fingerprint density at radius 1 is 1.00 bits per heavy atom. The molecule has 2 N–H and O–H groups in total. The quantitative estimate of drug-likeness (QED) is 0.558. The van der Waals surface area contributed by atoms with E-state index < -0.39 is 6.67 Å². The molecule has 2 heterocycles. The van der Waals surface area contributed by atoms with Gasteiger partial charge in [0.05, 0.1) is 11.1 Å². The maximum Gasteiger partial charge on any atom is 0.259 e. The van der Waals surface area contributed by atoms with Gasteiger partial charge in [-0.2, -0.15) is 0 Å². The molecule has 5 heteroatoms. The third kappa shape index (κ3) is 3.07. The first-order chi connectivity index (χ1) is 12.7. The Hall–Kier alpha value is -3.47. The molecule has 4 aromatic rings. The van der Waals surface area contributed by atoms with Crippen molar-refractivity contribution in [1.82, 2.24) is 9.97 Å². The molecule has 0 fully saturated rings. The molecule has 0 spiro atoms. The van der Waals surface area contributed by atoms with Gasteiger partial charge in [-0.05, 0) is 35.2 Å². The number of benzene rings is 2. The van der Waals surface area contributed by atoms with Crippen LogP contribution in [0.3, 0.4) is 0 Å². The van der Waals surface area contributed by atoms with E-state index in [0.717, 1.165) is 16.6 Å². The first kappa shape index (κ1) is 16.0. The zero-order chi connectivity index (χ0) is 17.9. The van der Waals surface area contributed by atoms with Crippen LogP contribution < -0.4 is 10.9 Å². The van der Waals surface area contributed by atoms with Crippen LogP contribution in [-0.4, -0.2) is 9.97 Å². The zero-order valence-electron chi connectivity index (χ0n) is 13.9. The van der Waals surface area contributed by atoms with Crippen LogP contribution in [0.15, 0.2) is 77.7 Å². The van der Waals surface area contributed by atoms with E-state index in [1.54, 1.807) is 24.4 Å². The highest BCUT2D eigenvalue weighted by Gasteiger charge is 2.11. The number of anilines is 2. The summed E-state index contributed by atoms with van der Waals surface area (Å²) in [5.74, 6) is 0.444. The fourth-order valence-electron chi connectivity index (χ4n) is 2.93. The van der Waals surface area contributed by atoms with E-state index in [9.17, 15) is 9.18 Å². The van der Waals surface area contributed by atoms with Crippen LogP contribution in [0.4, 0.5) is 15.9 Å². The SMILES string of the molecule is O=c1[nH]ccc2cc(-c3ccccc3)nc(Nc3cccc(CF)c3)c12. The van der Waals surface area contributed by atoms with Gasteiger partial charge in [0.25, 0.3) is 5.56 Å². The number of fused-ring (bicyclic) bond motifs is 1. The van der Waals surface area contributed by atoms with E-state index in [1.165, 1.54) is 0 Å². The van der Waals surface area contributed by atoms with Crippen molar-refractivity contribution in [3.05, 3.63) is 88.8 Å². The summed E-state index contributed by atoms with van der Waals surface area (Å²) in [6.07, 6.45) is 1.62. The Kier molecular flexibility index (Phi) is 4.19. The molecular weight excluding hydrogens is 329 g/mol. The second-order valence-electron chi connectivity index (χ2n) is 5.95. The van der Waals surface area contributed by atoms with Gasteiger partial charge in [-0.25, -0.2) is 9.37 Å². The summed E-state index contributed by atoms with van der Waals surface area (Å²) in [6, 6.07) is 20.5. The van der Waals surface area contributed by atoms with E-state index >= 15 is 0 Å². The van der Waals surface area contributed by atoms with E-state index in [1.807, 2.05) is 48.5 Å². The summed E-state index contributed by atoms with van der Waals surface area (Å²) in [5.41, 5.74) is 2.73. The molecular formula is C21H16FN3O. The van der Waals surface area contributed by atoms with Crippen molar-refractivity contribution in [3.63, 3.8) is 0 Å². The molecule has 2 aromatic carbocycles. The number of H-pyrrole nitrogens is 1. The fourth-order valence-corrected chi connectivity index (χ4v) is 2.93. The van der Waals surface area contributed by atoms with Crippen LogP contribution in [-0.2, 0) is 6.67 Å². The maximum atomic E-state index is 12.9. The van der Waals surface area contributed by atoms with Gasteiger partial charge in [-0.15, -0.1) is 0 Å². The van der Waals surface area contributed by atoms with Crippen molar-refractivity contribution < 1.29 is 4.39 Å². The standard InChI is InChI=1S/C21H16FN3O/c22-13-14-5-4-8-17(11-14)24-20-19-16(9-10-23-21(19)26)12-18(25-20)15-6-2-1-3-7-15/h1-12H,13H2,(H,23,26)(H,24,25). The number of nitrogens with zero attached hydrogens (tertiary/aromatic N) is 1. The molecule has 0 aliphatic heterocycles. The summed E-state index contributed by atoms with van der Waals surface area (Å²) in [5, 5.41) is 4.43. The highest BCUT2D eigenvalue weighted by Crippen LogP contribution is 2.28. The minimum atomic E-state index is -0.547. The fraction of sp³-hybridized carbons (Fsp3) is 0.0476. The van der Waals surface area contributed by atoms with Gasteiger partial charge >= 0.3 is 0 Å². The lowest BCUT2D eigenvalue weighted by molar-refractivity contribution is 0.485. The summed E-state index contributed by atoms with van der Waals surface area (Å²) < 4.78 is 12.9. The zero-order valence-corrected chi connectivity index (χ0v) is 13.9. The second kappa shape index (κ2) is 6.80. The molecule has 0 unspecified atom stereocenters. The Bertz CT molecular complexity index is 1120. The van der Waals surface area contributed by atoms with Gasteiger partial charge in [0, 0.05) is 17.4 Å². The normalized spacial score (nSPS) is 10.8. The molecule has 4 nitrogen and oxygen atoms in total. The minimum Gasteiger partial charge on any atom is -0.340 e. The van der Waals surface area contributed by atoms with Crippen molar-refractivity contribution in [2.45, 2.75) is 6.67 Å². The molecule has 0 saturated heterocycles. The Balaban J connectivity index is 1.89. The average Bonchev–Trinajstić information content (AvgIpc) is 2.68. The van der Waals surface area contributed by atoms with Gasteiger partial charge in [0.1, 0.15) is 12.5 Å². The van der Waals surface area contributed by atoms with E-state index in [-0.39, 0.29) is 5.56 Å². The Morgan fingerprint density at radius 3 is 2.65 bits per heavy atom.